The van der Waals surface area contributed by atoms with Crippen LogP contribution in [0.4, 0.5) is 4.79 Å². The van der Waals surface area contributed by atoms with Gasteiger partial charge in [-0.2, -0.15) is 0 Å². The Balaban J connectivity index is 0.000000351. The number of amides is 1. The van der Waals surface area contributed by atoms with Crippen LogP contribution in [0.5, 0.6) is 5.75 Å². The maximum absolute atomic E-state index is 12.2. The van der Waals surface area contributed by atoms with Crippen molar-refractivity contribution in [1.29, 1.82) is 0 Å². The standard InChI is InChI=1S/C20H32N4O2.C20H32N4O.C2H6/c1-15-21-13-17(14-22-15)16-5-9-23(10-6-16)18-7-11-24(12-8-18)19(25)26-20(2,3)4;1-4-6-9-12-24(14-15(3)5-2)18(20(22)23)13-17(21)16-10-7-8-11-19(16)25;1-2/h13-14,16,18H,5-12H2,1-4H3;6-11,13,15,25H,4-5,12,14,21-23H2,1-3H3;1-2H3/b;9-6-,17-13-;. The summed E-state index contributed by atoms with van der Waals surface area (Å²) in [7, 11) is 0. The van der Waals surface area contributed by atoms with Crippen molar-refractivity contribution in [3.63, 3.8) is 0 Å². The molecule has 2 aromatic rings. The van der Waals surface area contributed by atoms with Crippen molar-refractivity contribution in [3.05, 3.63) is 83.4 Å². The number of phenols is 1. The highest BCUT2D eigenvalue weighted by Crippen LogP contribution is 2.30. The van der Waals surface area contributed by atoms with Gasteiger partial charge in [-0.3, -0.25) is 0 Å². The Morgan fingerprint density at radius 3 is 2.13 bits per heavy atom. The van der Waals surface area contributed by atoms with E-state index >= 15 is 0 Å². The van der Waals surface area contributed by atoms with Crippen molar-refractivity contribution >= 4 is 11.8 Å². The van der Waals surface area contributed by atoms with Crippen LogP contribution in [0.1, 0.15) is 117 Å². The van der Waals surface area contributed by atoms with Gasteiger partial charge in [0.15, 0.2) is 0 Å². The molecule has 2 aliphatic heterocycles. The number of carbonyl (C=O) groups excluding carboxylic acids is 1. The fourth-order valence-corrected chi connectivity index (χ4v) is 6.40. The number of hydrogen-bond donors (Lipinski definition) is 4. The molecule has 0 radical (unpaired) electrons. The SMILES string of the molecule is CC.CC/C=C\CN(CC(C)CC)C(/C=C(\N)c1ccccc1O)=C(N)N.Cc1ncc(C2CCN(C3CCN(C(=O)OC(C)(C)C)CC3)CC2)cn1. The molecular formula is C42H70N8O3. The quantitative estimate of drug-likeness (QED) is 0.135. The summed E-state index contributed by atoms with van der Waals surface area (Å²) < 4.78 is 5.49. The van der Waals surface area contributed by atoms with Gasteiger partial charge in [-0.1, -0.05) is 65.3 Å². The molecule has 0 spiro atoms. The van der Waals surface area contributed by atoms with Crippen molar-refractivity contribution in [1.82, 2.24) is 24.7 Å². The summed E-state index contributed by atoms with van der Waals surface area (Å²) in [6.45, 7) is 23.5. The van der Waals surface area contributed by atoms with E-state index in [0.717, 1.165) is 64.2 Å². The van der Waals surface area contributed by atoms with Crippen LogP contribution < -0.4 is 17.2 Å². The minimum absolute atomic E-state index is 0.130. The summed E-state index contributed by atoms with van der Waals surface area (Å²) in [5.74, 6) is 2.25. The van der Waals surface area contributed by atoms with E-state index in [9.17, 15) is 9.90 Å². The molecule has 0 saturated carbocycles. The number of nitrogens with two attached hydrogens (primary N) is 3. The first-order chi connectivity index (χ1) is 25.2. The predicted molar refractivity (Wildman–Crippen MR) is 219 cm³/mol. The fourth-order valence-electron chi connectivity index (χ4n) is 6.40. The van der Waals surface area contributed by atoms with Gasteiger partial charge in [0.05, 0.1) is 5.70 Å². The third-order valence-electron chi connectivity index (χ3n) is 9.54. The van der Waals surface area contributed by atoms with Gasteiger partial charge in [0.25, 0.3) is 0 Å². The highest BCUT2D eigenvalue weighted by Gasteiger charge is 2.31. The van der Waals surface area contributed by atoms with E-state index in [1.807, 2.05) is 64.9 Å². The number of likely N-dealkylation sites (tertiary alicyclic amines) is 2. The van der Waals surface area contributed by atoms with Crippen molar-refractivity contribution in [2.75, 3.05) is 39.3 Å². The summed E-state index contributed by atoms with van der Waals surface area (Å²) in [6, 6.07) is 7.54. The van der Waals surface area contributed by atoms with Crippen molar-refractivity contribution in [2.24, 2.45) is 23.1 Å². The largest absolute Gasteiger partial charge is 0.507 e. The zero-order valence-corrected chi connectivity index (χ0v) is 34.1. The fraction of sp³-hybridized carbons (Fsp3) is 0.595. The van der Waals surface area contributed by atoms with Crippen molar-refractivity contribution < 1.29 is 14.6 Å². The molecule has 2 aliphatic rings. The monoisotopic (exact) mass is 735 g/mol. The smallest absolute Gasteiger partial charge is 0.410 e. The normalized spacial score (nSPS) is 16.5. The van der Waals surface area contributed by atoms with Crippen LogP contribution in [0.15, 0.2) is 66.4 Å². The van der Waals surface area contributed by atoms with Crippen LogP contribution in [-0.2, 0) is 4.74 Å². The number of nitrogens with zero attached hydrogens (tertiary/aromatic N) is 5. The van der Waals surface area contributed by atoms with Crippen LogP contribution in [0.25, 0.3) is 5.70 Å². The molecule has 2 saturated heterocycles. The summed E-state index contributed by atoms with van der Waals surface area (Å²) in [6.07, 6.45) is 16.2. The number of rotatable bonds is 11. The van der Waals surface area contributed by atoms with Gasteiger partial charge in [-0.05, 0) is 108 Å². The molecule has 11 nitrogen and oxygen atoms in total. The maximum Gasteiger partial charge on any atom is 0.410 e. The Morgan fingerprint density at radius 2 is 1.60 bits per heavy atom. The Bertz CT molecular complexity index is 1450. The number of para-hydroxylation sites is 1. The Morgan fingerprint density at radius 1 is 1.00 bits per heavy atom. The molecule has 2 fully saturated rings. The number of aromatic hydroxyl groups is 1. The highest BCUT2D eigenvalue weighted by atomic mass is 16.6. The van der Waals surface area contributed by atoms with E-state index in [-0.39, 0.29) is 17.7 Å². The molecular weight excluding hydrogens is 665 g/mol. The van der Waals surface area contributed by atoms with Gasteiger partial charge >= 0.3 is 6.09 Å². The lowest BCUT2D eigenvalue weighted by Crippen LogP contribution is -2.49. The van der Waals surface area contributed by atoms with Gasteiger partial charge in [0.2, 0.25) is 0 Å². The van der Waals surface area contributed by atoms with E-state index in [2.05, 4.69) is 52.7 Å². The number of carbonyl (C=O) groups is 1. The van der Waals surface area contributed by atoms with E-state index in [1.54, 1.807) is 24.3 Å². The second-order valence-corrected chi connectivity index (χ2v) is 14.8. The Hall–Kier alpha value is -4.25. The molecule has 296 valence electrons. The molecule has 1 aromatic heterocycles. The molecule has 0 aliphatic carbocycles. The lowest BCUT2D eigenvalue weighted by Gasteiger charge is -2.41. The first kappa shape index (κ1) is 44.9. The van der Waals surface area contributed by atoms with Crippen molar-refractivity contribution in [2.45, 2.75) is 118 Å². The number of aryl methyl sites for hydroxylation is 1. The number of piperidine rings is 2. The van der Waals surface area contributed by atoms with E-state index in [1.165, 1.54) is 18.4 Å². The topological polar surface area (TPSA) is 160 Å². The number of phenolic OH excluding ortho intramolecular Hbond substituents is 1. The van der Waals surface area contributed by atoms with E-state index < -0.39 is 5.60 Å². The molecule has 1 amide bonds. The highest BCUT2D eigenvalue weighted by molar-refractivity contribution is 5.70. The average Bonchev–Trinajstić information content (AvgIpc) is 3.14. The van der Waals surface area contributed by atoms with Gasteiger partial charge in [0, 0.05) is 55.9 Å². The number of hydrogen-bond acceptors (Lipinski definition) is 10. The third kappa shape index (κ3) is 15.3. The molecule has 0 bridgehead atoms. The van der Waals surface area contributed by atoms with Crippen LogP contribution in [-0.4, -0.2) is 86.8 Å². The molecule has 1 unspecified atom stereocenters. The van der Waals surface area contributed by atoms with E-state index in [4.69, 9.17) is 21.9 Å². The third-order valence-corrected chi connectivity index (χ3v) is 9.54. The number of ether oxygens (including phenoxy) is 1. The summed E-state index contributed by atoms with van der Waals surface area (Å²) in [5, 5.41) is 10.0. The van der Waals surface area contributed by atoms with Crippen LogP contribution in [0, 0.1) is 12.8 Å². The van der Waals surface area contributed by atoms with Crippen LogP contribution >= 0.6 is 0 Å². The first-order valence-electron chi connectivity index (χ1n) is 19.6. The Labute approximate surface area is 320 Å². The van der Waals surface area contributed by atoms with Gasteiger partial charge < -0.3 is 41.7 Å². The molecule has 4 rings (SSSR count). The number of aromatic nitrogens is 2. The van der Waals surface area contributed by atoms with Gasteiger partial charge in [-0.25, -0.2) is 14.8 Å². The molecule has 7 N–H and O–H groups in total. The molecule has 11 heteroatoms. The molecule has 3 heterocycles. The Kier molecular flexibility index (Phi) is 19.3. The lowest BCUT2D eigenvalue weighted by atomic mass is 9.89. The molecule has 1 atom stereocenters. The van der Waals surface area contributed by atoms with Gasteiger partial charge in [-0.15, -0.1) is 0 Å². The van der Waals surface area contributed by atoms with E-state index in [0.29, 0.717) is 41.4 Å². The second kappa shape index (κ2) is 22.7. The summed E-state index contributed by atoms with van der Waals surface area (Å²) >= 11 is 0. The number of allylic oxidation sites excluding steroid dienone is 2. The minimum Gasteiger partial charge on any atom is -0.507 e. The maximum atomic E-state index is 12.2. The molecule has 1 aromatic carbocycles. The zero-order chi connectivity index (χ0) is 39.6. The van der Waals surface area contributed by atoms with Gasteiger partial charge in [0.1, 0.15) is 23.0 Å². The first-order valence-corrected chi connectivity index (χ1v) is 19.6. The van der Waals surface area contributed by atoms with Crippen molar-refractivity contribution in [3.8, 4) is 5.75 Å². The summed E-state index contributed by atoms with van der Waals surface area (Å²) in [4.78, 5) is 27.5. The lowest BCUT2D eigenvalue weighted by molar-refractivity contribution is 0.0127. The van der Waals surface area contributed by atoms with Crippen LogP contribution in [0.3, 0.4) is 0 Å². The average molecular weight is 735 g/mol. The zero-order valence-electron chi connectivity index (χ0n) is 34.1. The minimum atomic E-state index is -0.421. The number of benzene rings is 1. The predicted octanol–water partition coefficient (Wildman–Crippen LogP) is 7.48. The second-order valence-electron chi connectivity index (χ2n) is 14.8. The molecule has 53 heavy (non-hydrogen) atoms. The van der Waals surface area contributed by atoms with Crippen LogP contribution in [0.2, 0.25) is 0 Å². The summed E-state index contributed by atoms with van der Waals surface area (Å²) in [5.41, 5.74) is 20.6.